The van der Waals surface area contributed by atoms with E-state index in [1.54, 1.807) is 59.5 Å². The minimum Gasteiger partial charge on any atom is -0.321 e. The molecule has 0 spiro atoms. The lowest BCUT2D eigenvalue weighted by Crippen LogP contribution is -2.42. The molecule has 1 fully saturated rings. The highest BCUT2D eigenvalue weighted by Crippen LogP contribution is 2.23. The molecule has 0 aromatic heterocycles. The van der Waals surface area contributed by atoms with Crippen LogP contribution in [0.2, 0.25) is 5.02 Å². The number of likely N-dealkylation sites (tertiary alicyclic amines) is 1. The van der Waals surface area contributed by atoms with Crippen molar-refractivity contribution < 1.29 is 13.2 Å². The van der Waals surface area contributed by atoms with Gasteiger partial charge in [0.25, 0.3) is 0 Å². The van der Waals surface area contributed by atoms with Crippen LogP contribution in [-0.2, 0) is 9.84 Å². The minimum absolute atomic E-state index is 0.0695. The van der Waals surface area contributed by atoms with E-state index in [-0.39, 0.29) is 22.7 Å². The zero-order valence-corrected chi connectivity index (χ0v) is 15.1. The van der Waals surface area contributed by atoms with Gasteiger partial charge in [0.2, 0.25) is 0 Å². The second-order valence-electron chi connectivity index (χ2n) is 6.02. The van der Waals surface area contributed by atoms with Crippen molar-refractivity contribution in [3.05, 3.63) is 59.6 Å². The summed E-state index contributed by atoms with van der Waals surface area (Å²) in [4.78, 5) is 14.4. The molecule has 0 saturated carbocycles. The van der Waals surface area contributed by atoms with Crippen molar-refractivity contribution in [2.75, 3.05) is 17.6 Å². The zero-order valence-electron chi connectivity index (χ0n) is 13.6. The highest BCUT2D eigenvalue weighted by Gasteiger charge is 2.33. The van der Waals surface area contributed by atoms with Gasteiger partial charge in [-0.2, -0.15) is 0 Å². The van der Waals surface area contributed by atoms with Gasteiger partial charge in [0.05, 0.1) is 10.6 Å². The SMILES string of the molecule is O=C(Nc1cccc(Cl)c1)N1CCCC1CS(=O)(=O)c1ccccc1. The van der Waals surface area contributed by atoms with Crippen molar-refractivity contribution in [3.8, 4) is 0 Å². The Morgan fingerprint density at radius 1 is 1.16 bits per heavy atom. The smallest absolute Gasteiger partial charge is 0.321 e. The maximum absolute atomic E-state index is 12.6. The molecule has 1 aliphatic heterocycles. The molecule has 0 aliphatic carbocycles. The molecule has 1 unspecified atom stereocenters. The maximum Gasteiger partial charge on any atom is 0.322 e. The third-order valence-electron chi connectivity index (χ3n) is 4.23. The molecule has 1 atom stereocenters. The number of amides is 2. The minimum atomic E-state index is -3.43. The molecular formula is C18H19ClN2O3S. The predicted octanol–water partition coefficient (Wildman–Crippen LogP) is 3.81. The van der Waals surface area contributed by atoms with E-state index in [1.807, 2.05) is 0 Å². The fourth-order valence-corrected chi connectivity index (χ4v) is 4.82. The van der Waals surface area contributed by atoms with E-state index in [0.717, 1.165) is 6.42 Å². The van der Waals surface area contributed by atoms with E-state index < -0.39 is 9.84 Å². The molecule has 1 heterocycles. The van der Waals surface area contributed by atoms with Crippen molar-refractivity contribution in [2.24, 2.45) is 0 Å². The normalized spacial score (nSPS) is 17.5. The first-order chi connectivity index (χ1) is 12.0. The van der Waals surface area contributed by atoms with Crippen LogP contribution >= 0.6 is 11.6 Å². The van der Waals surface area contributed by atoms with Gasteiger partial charge in [-0.1, -0.05) is 35.9 Å². The molecule has 3 rings (SSSR count). The average Bonchev–Trinajstić information content (AvgIpc) is 3.03. The second-order valence-corrected chi connectivity index (χ2v) is 8.50. The van der Waals surface area contributed by atoms with Gasteiger partial charge in [-0.15, -0.1) is 0 Å². The monoisotopic (exact) mass is 378 g/mol. The number of sulfone groups is 1. The average molecular weight is 379 g/mol. The number of nitrogens with one attached hydrogen (secondary N) is 1. The Bertz CT molecular complexity index is 856. The molecule has 1 N–H and O–H groups in total. The fourth-order valence-electron chi connectivity index (χ4n) is 3.02. The number of benzene rings is 2. The Kier molecular flexibility index (Phi) is 5.30. The van der Waals surface area contributed by atoms with Crippen molar-refractivity contribution in [2.45, 2.75) is 23.8 Å². The van der Waals surface area contributed by atoms with Crippen LogP contribution in [0.5, 0.6) is 0 Å². The van der Waals surface area contributed by atoms with Crippen LogP contribution in [0.15, 0.2) is 59.5 Å². The molecule has 2 aromatic carbocycles. The van der Waals surface area contributed by atoms with E-state index >= 15 is 0 Å². The molecule has 0 bridgehead atoms. The van der Waals surface area contributed by atoms with Gasteiger partial charge in [-0.3, -0.25) is 0 Å². The predicted molar refractivity (Wildman–Crippen MR) is 98.7 cm³/mol. The molecule has 2 amide bonds. The molecule has 25 heavy (non-hydrogen) atoms. The number of rotatable bonds is 4. The summed E-state index contributed by atoms with van der Waals surface area (Å²) in [6.07, 6.45) is 1.47. The summed E-state index contributed by atoms with van der Waals surface area (Å²) in [6.45, 7) is 0.543. The number of hydrogen-bond acceptors (Lipinski definition) is 3. The van der Waals surface area contributed by atoms with Crippen LogP contribution < -0.4 is 5.32 Å². The van der Waals surface area contributed by atoms with Gasteiger partial charge < -0.3 is 10.2 Å². The second kappa shape index (κ2) is 7.45. The van der Waals surface area contributed by atoms with Crippen LogP contribution in [0.4, 0.5) is 10.5 Å². The molecule has 0 radical (unpaired) electrons. The number of hydrogen-bond donors (Lipinski definition) is 1. The summed E-state index contributed by atoms with van der Waals surface area (Å²) in [6, 6.07) is 14.6. The number of anilines is 1. The summed E-state index contributed by atoms with van der Waals surface area (Å²) < 4.78 is 25.2. The lowest BCUT2D eigenvalue weighted by molar-refractivity contribution is 0.210. The number of halogens is 1. The molecule has 1 aliphatic rings. The van der Waals surface area contributed by atoms with E-state index in [1.165, 1.54) is 0 Å². The van der Waals surface area contributed by atoms with Gasteiger partial charge in [-0.05, 0) is 43.2 Å². The topological polar surface area (TPSA) is 66.5 Å². The van der Waals surface area contributed by atoms with Crippen molar-refractivity contribution in [1.82, 2.24) is 4.90 Å². The lowest BCUT2D eigenvalue weighted by atomic mass is 10.2. The summed E-state index contributed by atoms with van der Waals surface area (Å²) in [5.74, 6) is -0.0695. The third kappa shape index (κ3) is 4.32. The van der Waals surface area contributed by atoms with E-state index in [2.05, 4.69) is 5.32 Å². The van der Waals surface area contributed by atoms with E-state index in [9.17, 15) is 13.2 Å². The Balaban J connectivity index is 1.71. The molecule has 132 valence electrons. The van der Waals surface area contributed by atoms with Gasteiger partial charge in [0, 0.05) is 23.3 Å². The first-order valence-corrected chi connectivity index (χ1v) is 10.1. The number of nitrogens with zero attached hydrogens (tertiary/aromatic N) is 1. The van der Waals surface area contributed by atoms with E-state index in [4.69, 9.17) is 11.6 Å². The summed E-state index contributed by atoms with van der Waals surface area (Å²) in [5, 5.41) is 3.32. The number of carbonyl (C=O) groups excluding carboxylic acids is 1. The van der Waals surface area contributed by atoms with Gasteiger partial charge in [-0.25, -0.2) is 13.2 Å². The van der Waals surface area contributed by atoms with Crippen molar-refractivity contribution in [1.29, 1.82) is 0 Å². The fraction of sp³-hybridized carbons (Fsp3) is 0.278. The number of carbonyl (C=O) groups is 1. The van der Waals surface area contributed by atoms with Crippen LogP contribution in [-0.4, -0.2) is 37.7 Å². The van der Waals surface area contributed by atoms with E-state index in [0.29, 0.717) is 23.7 Å². The first-order valence-electron chi connectivity index (χ1n) is 8.07. The highest BCUT2D eigenvalue weighted by molar-refractivity contribution is 7.91. The largest absolute Gasteiger partial charge is 0.322 e. The van der Waals surface area contributed by atoms with Crippen LogP contribution in [0.1, 0.15) is 12.8 Å². The van der Waals surface area contributed by atoms with Crippen molar-refractivity contribution in [3.63, 3.8) is 0 Å². The quantitative estimate of drug-likeness (QED) is 0.879. The van der Waals surface area contributed by atoms with Gasteiger partial charge in [0.15, 0.2) is 9.84 Å². The standard InChI is InChI=1S/C18H19ClN2O3S/c19-14-6-4-7-15(12-14)20-18(22)21-11-5-8-16(21)13-25(23,24)17-9-2-1-3-10-17/h1-4,6-7,9-10,12,16H,5,8,11,13H2,(H,20,22). The summed E-state index contributed by atoms with van der Waals surface area (Å²) in [5.41, 5.74) is 0.592. The molecule has 5 nitrogen and oxygen atoms in total. The molecule has 7 heteroatoms. The summed E-state index contributed by atoms with van der Waals surface area (Å²) >= 11 is 5.93. The highest BCUT2D eigenvalue weighted by atomic mass is 35.5. The number of urea groups is 1. The first kappa shape index (κ1) is 17.8. The van der Waals surface area contributed by atoms with Gasteiger partial charge in [0.1, 0.15) is 0 Å². The maximum atomic E-state index is 12.6. The van der Waals surface area contributed by atoms with Crippen LogP contribution in [0.25, 0.3) is 0 Å². The van der Waals surface area contributed by atoms with Crippen LogP contribution in [0.3, 0.4) is 0 Å². The lowest BCUT2D eigenvalue weighted by Gasteiger charge is -2.25. The zero-order chi connectivity index (χ0) is 17.9. The molecule has 1 saturated heterocycles. The van der Waals surface area contributed by atoms with Gasteiger partial charge >= 0.3 is 6.03 Å². The van der Waals surface area contributed by atoms with Crippen molar-refractivity contribution >= 4 is 33.2 Å². The molecule has 2 aromatic rings. The Labute approximate surface area is 152 Å². The Morgan fingerprint density at radius 2 is 1.92 bits per heavy atom. The third-order valence-corrected chi connectivity index (χ3v) is 6.28. The molecular weight excluding hydrogens is 360 g/mol. The Morgan fingerprint density at radius 3 is 2.64 bits per heavy atom. The summed E-state index contributed by atoms with van der Waals surface area (Å²) in [7, 11) is -3.43. The Hall–Kier alpha value is -2.05. The van der Waals surface area contributed by atoms with Crippen LogP contribution in [0, 0.1) is 0 Å².